The molecule has 0 spiro atoms. The predicted octanol–water partition coefficient (Wildman–Crippen LogP) is 7.67. The quantitative estimate of drug-likeness (QED) is 0.489. The number of hydrogen-bond donors (Lipinski definition) is 0. The highest BCUT2D eigenvalue weighted by Crippen LogP contribution is 2.60. The zero-order valence-corrected chi connectivity index (χ0v) is 19.3. The summed E-state index contributed by atoms with van der Waals surface area (Å²) < 4.78 is 0. The van der Waals surface area contributed by atoms with Gasteiger partial charge in [-0.15, -0.1) is 11.8 Å². The Balaban J connectivity index is 2.16. The second-order valence-corrected chi connectivity index (χ2v) is 12.3. The minimum absolute atomic E-state index is 0.178. The molecule has 26 heavy (non-hydrogen) atoms. The van der Waals surface area contributed by atoms with Crippen LogP contribution in [0.5, 0.6) is 0 Å². The number of rotatable bonds is 1. The van der Waals surface area contributed by atoms with Gasteiger partial charge in [0.25, 0.3) is 0 Å². The van der Waals surface area contributed by atoms with E-state index in [2.05, 4.69) is 99.2 Å². The van der Waals surface area contributed by atoms with E-state index in [1.165, 1.54) is 16.7 Å². The Hall–Kier alpha value is -0.690. The Labute approximate surface area is 166 Å². The van der Waals surface area contributed by atoms with Crippen LogP contribution in [0.2, 0.25) is 0 Å². The lowest BCUT2D eigenvalue weighted by atomic mass is 9.76. The average molecular weight is 371 g/mol. The van der Waals surface area contributed by atoms with Gasteiger partial charge in [0.2, 0.25) is 0 Å². The maximum absolute atomic E-state index is 2.50. The molecule has 0 radical (unpaired) electrons. The molecule has 5 unspecified atom stereocenters. The van der Waals surface area contributed by atoms with Crippen LogP contribution in [0.3, 0.4) is 0 Å². The summed E-state index contributed by atoms with van der Waals surface area (Å²) >= 11 is 2.16. The van der Waals surface area contributed by atoms with E-state index in [1.54, 1.807) is 10.5 Å². The highest BCUT2D eigenvalue weighted by Gasteiger charge is 2.50. The molecule has 0 saturated heterocycles. The smallest absolute Gasteiger partial charge is 0.0191 e. The summed E-state index contributed by atoms with van der Waals surface area (Å²) in [6, 6.07) is 7.44. The van der Waals surface area contributed by atoms with E-state index >= 15 is 0 Å². The van der Waals surface area contributed by atoms with E-state index in [0.29, 0.717) is 5.92 Å². The van der Waals surface area contributed by atoms with Gasteiger partial charge in [-0.2, -0.15) is 0 Å². The monoisotopic (exact) mass is 370 g/mol. The Bertz CT molecular complexity index is 693. The number of fused-ring (bicyclic) bond motifs is 1. The molecular formula is C25H38S. The Morgan fingerprint density at radius 2 is 1.23 bits per heavy atom. The maximum Gasteiger partial charge on any atom is 0.0191 e. The van der Waals surface area contributed by atoms with Gasteiger partial charge in [-0.3, -0.25) is 0 Å². The van der Waals surface area contributed by atoms with E-state index in [0.717, 1.165) is 23.0 Å². The molecule has 0 N–H and O–H groups in total. The standard InChI is InChI=1S/C25H38S/c1-14-15(2)21-22(17(4)26-23(21)16(14)3)18-11-19(24(5,6)7)13-20(12-18)25(8,9)10/h11-16,21,23H,1-10H3. The van der Waals surface area contributed by atoms with Crippen LogP contribution in [0.25, 0.3) is 5.57 Å². The van der Waals surface area contributed by atoms with Gasteiger partial charge >= 0.3 is 0 Å². The molecule has 0 amide bonds. The van der Waals surface area contributed by atoms with Crippen molar-refractivity contribution < 1.29 is 0 Å². The van der Waals surface area contributed by atoms with Crippen LogP contribution in [0.4, 0.5) is 0 Å². The maximum atomic E-state index is 2.50. The molecule has 2 aliphatic rings. The van der Waals surface area contributed by atoms with Gasteiger partial charge in [0.15, 0.2) is 0 Å². The Kier molecular flexibility index (Phi) is 4.96. The molecule has 1 aliphatic carbocycles. The van der Waals surface area contributed by atoms with Gasteiger partial charge in [-0.05, 0) is 62.7 Å². The van der Waals surface area contributed by atoms with Crippen LogP contribution in [0.15, 0.2) is 23.1 Å². The number of allylic oxidation sites excluding steroid dienone is 2. The summed E-state index contributed by atoms with van der Waals surface area (Å²) in [6.07, 6.45) is 0. The van der Waals surface area contributed by atoms with Crippen LogP contribution in [-0.4, -0.2) is 5.25 Å². The first-order valence-corrected chi connectivity index (χ1v) is 11.2. The van der Waals surface area contributed by atoms with Gasteiger partial charge in [0.1, 0.15) is 0 Å². The average Bonchev–Trinajstić information content (AvgIpc) is 2.96. The molecule has 144 valence electrons. The van der Waals surface area contributed by atoms with E-state index in [1.807, 2.05) is 0 Å². The summed E-state index contributed by atoms with van der Waals surface area (Å²) in [7, 11) is 0. The fourth-order valence-electron chi connectivity index (χ4n) is 4.89. The highest BCUT2D eigenvalue weighted by molar-refractivity contribution is 8.04. The zero-order valence-electron chi connectivity index (χ0n) is 18.5. The molecule has 0 bridgehead atoms. The van der Waals surface area contributed by atoms with E-state index in [9.17, 15) is 0 Å². The van der Waals surface area contributed by atoms with Gasteiger partial charge in [0.05, 0.1) is 0 Å². The van der Waals surface area contributed by atoms with Gasteiger partial charge in [0, 0.05) is 11.2 Å². The zero-order chi connectivity index (χ0) is 19.6. The molecular weight excluding hydrogens is 332 g/mol. The van der Waals surface area contributed by atoms with Crippen molar-refractivity contribution in [1.29, 1.82) is 0 Å². The third-order valence-corrected chi connectivity index (χ3v) is 8.67. The van der Waals surface area contributed by atoms with Gasteiger partial charge in [-0.1, -0.05) is 80.5 Å². The molecule has 1 aromatic rings. The first kappa shape index (κ1) is 20.1. The van der Waals surface area contributed by atoms with E-state index in [-0.39, 0.29) is 10.8 Å². The number of thioether (sulfide) groups is 1. The molecule has 1 saturated carbocycles. The molecule has 1 aromatic carbocycles. The molecule has 1 fully saturated rings. The van der Waals surface area contributed by atoms with Crippen LogP contribution >= 0.6 is 11.8 Å². The van der Waals surface area contributed by atoms with Gasteiger partial charge in [-0.25, -0.2) is 0 Å². The summed E-state index contributed by atoms with van der Waals surface area (Å²) in [5, 5.41) is 0.770. The normalized spacial score (nSPS) is 32.3. The summed E-state index contributed by atoms with van der Waals surface area (Å²) in [6.45, 7) is 23.8. The van der Waals surface area contributed by atoms with Crippen molar-refractivity contribution in [3.63, 3.8) is 0 Å². The number of hydrogen-bond acceptors (Lipinski definition) is 1. The van der Waals surface area contributed by atoms with E-state index < -0.39 is 0 Å². The van der Waals surface area contributed by atoms with E-state index in [4.69, 9.17) is 0 Å². The predicted molar refractivity (Wildman–Crippen MR) is 119 cm³/mol. The van der Waals surface area contributed by atoms with Crippen LogP contribution in [0.1, 0.15) is 85.9 Å². The lowest BCUT2D eigenvalue weighted by molar-refractivity contribution is 0.366. The lowest BCUT2D eigenvalue weighted by Crippen LogP contribution is -2.19. The molecule has 0 nitrogen and oxygen atoms in total. The summed E-state index contributed by atoms with van der Waals surface area (Å²) in [5.41, 5.74) is 6.45. The topological polar surface area (TPSA) is 0 Å². The van der Waals surface area contributed by atoms with Crippen molar-refractivity contribution in [3.05, 3.63) is 39.8 Å². The molecule has 5 atom stereocenters. The molecule has 1 aliphatic heterocycles. The first-order chi connectivity index (χ1) is 11.8. The minimum Gasteiger partial charge on any atom is -0.126 e. The van der Waals surface area contributed by atoms with Crippen molar-refractivity contribution in [1.82, 2.24) is 0 Å². The van der Waals surface area contributed by atoms with Crippen LogP contribution < -0.4 is 0 Å². The largest absolute Gasteiger partial charge is 0.126 e. The van der Waals surface area contributed by atoms with Crippen molar-refractivity contribution >= 4 is 17.3 Å². The third-order valence-electron chi connectivity index (χ3n) is 7.10. The lowest BCUT2D eigenvalue weighted by Gasteiger charge is -2.28. The second kappa shape index (κ2) is 6.43. The first-order valence-electron chi connectivity index (χ1n) is 10.4. The fourth-order valence-corrected chi connectivity index (χ4v) is 6.67. The Morgan fingerprint density at radius 3 is 1.69 bits per heavy atom. The van der Waals surface area contributed by atoms with Crippen LogP contribution in [0, 0.1) is 23.7 Å². The van der Waals surface area contributed by atoms with Crippen molar-refractivity contribution in [2.24, 2.45) is 23.7 Å². The second-order valence-electron chi connectivity index (χ2n) is 11.0. The van der Waals surface area contributed by atoms with Crippen molar-refractivity contribution in [2.45, 2.75) is 85.3 Å². The minimum atomic E-state index is 0.178. The van der Waals surface area contributed by atoms with Crippen LogP contribution in [-0.2, 0) is 10.8 Å². The van der Waals surface area contributed by atoms with Gasteiger partial charge < -0.3 is 0 Å². The van der Waals surface area contributed by atoms with Crippen molar-refractivity contribution in [3.8, 4) is 0 Å². The third kappa shape index (κ3) is 3.30. The number of benzene rings is 1. The highest BCUT2D eigenvalue weighted by atomic mass is 32.2. The molecule has 1 heterocycles. The molecule has 1 heteroatoms. The summed E-state index contributed by atoms with van der Waals surface area (Å²) in [4.78, 5) is 1.57. The molecule has 3 rings (SSSR count). The molecule has 0 aromatic heterocycles. The summed E-state index contributed by atoms with van der Waals surface area (Å²) in [5.74, 6) is 3.10. The van der Waals surface area contributed by atoms with Crippen molar-refractivity contribution in [2.75, 3.05) is 0 Å². The fraction of sp³-hybridized carbons (Fsp3) is 0.680. The Morgan fingerprint density at radius 1 is 0.731 bits per heavy atom. The SMILES string of the molecule is CC1=C(c2cc(C(C)(C)C)cc(C(C)(C)C)c2)C2C(C)C(C)C(C)C2S1.